The highest BCUT2D eigenvalue weighted by Crippen LogP contribution is 2.18. The normalized spacial score (nSPS) is 10.6. The molecule has 0 saturated heterocycles. The Kier molecular flexibility index (Phi) is 5.33. The molecule has 6 heteroatoms. The average molecular weight is 263 g/mol. The fraction of sp³-hybridized carbons (Fsp3) is 0.385. The first kappa shape index (κ1) is 13.5. The van der Waals surface area contributed by atoms with Gasteiger partial charge in [-0.15, -0.1) is 0 Å². The van der Waals surface area contributed by atoms with E-state index in [1.807, 2.05) is 24.3 Å². The van der Waals surface area contributed by atoms with Crippen LogP contribution in [0.25, 0.3) is 0 Å². The van der Waals surface area contributed by atoms with Crippen LogP contribution in [0.5, 0.6) is 5.75 Å². The lowest BCUT2D eigenvalue weighted by atomic mass is 10.2. The Morgan fingerprint density at radius 1 is 1.32 bits per heavy atom. The van der Waals surface area contributed by atoms with Crippen molar-refractivity contribution in [1.29, 1.82) is 0 Å². The number of para-hydroxylation sites is 1. The summed E-state index contributed by atoms with van der Waals surface area (Å²) in [6, 6.07) is 7.86. The molecular weight excluding hydrogens is 246 g/mol. The zero-order valence-corrected chi connectivity index (χ0v) is 10.8. The molecule has 1 N–H and O–H groups in total. The van der Waals surface area contributed by atoms with Gasteiger partial charge in [0.15, 0.2) is 6.61 Å². The van der Waals surface area contributed by atoms with E-state index in [2.05, 4.69) is 20.0 Å². The second kappa shape index (κ2) is 7.50. The number of hydrogen-bond donors (Lipinski definition) is 1. The Morgan fingerprint density at radius 3 is 3.00 bits per heavy atom. The molecule has 0 saturated carbocycles. The zero-order valence-electron chi connectivity index (χ0n) is 10.8. The monoisotopic (exact) mass is 263 g/mol. The Bertz CT molecular complexity index is 474. The molecule has 2 rings (SSSR count). The molecule has 0 amide bonds. The third-order valence-electron chi connectivity index (χ3n) is 2.53. The quantitative estimate of drug-likeness (QED) is 0.726. The lowest BCUT2D eigenvalue weighted by molar-refractivity contribution is 0.199. The summed E-state index contributed by atoms with van der Waals surface area (Å²) >= 11 is 0. The molecule has 0 unspecified atom stereocenters. The van der Waals surface area contributed by atoms with Crippen LogP contribution in [0.3, 0.4) is 0 Å². The molecule has 1 aromatic carbocycles. The van der Waals surface area contributed by atoms with Gasteiger partial charge in [0.2, 0.25) is 12.2 Å². The largest absolute Gasteiger partial charge is 0.485 e. The van der Waals surface area contributed by atoms with Gasteiger partial charge in [-0.2, -0.15) is 4.98 Å². The van der Waals surface area contributed by atoms with Crippen molar-refractivity contribution in [2.45, 2.75) is 13.2 Å². The van der Waals surface area contributed by atoms with Crippen molar-refractivity contribution in [3.63, 3.8) is 0 Å². The topological polar surface area (TPSA) is 69.4 Å². The van der Waals surface area contributed by atoms with E-state index in [4.69, 9.17) is 9.47 Å². The summed E-state index contributed by atoms with van der Waals surface area (Å²) in [5.74, 6) is 1.35. The first-order valence-corrected chi connectivity index (χ1v) is 6.05. The Morgan fingerprint density at radius 2 is 2.21 bits per heavy atom. The van der Waals surface area contributed by atoms with Gasteiger partial charge in [0.1, 0.15) is 5.75 Å². The summed E-state index contributed by atoms with van der Waals surface area (Å²) in [7, 11) is 1.68. The zero-order chi connectivity index (χ0) is 13.3. The van der Waals surface area contributed by atoms with E-state index in [9.17, 15) is 0 Å². The molecule has 0 aliphatic rings. The maximum absolute atomic E-state index is 5.68. The molecular formula is C13H17N3O3. The summed E-state index contributed by atoms with van der Waals surface area (Å²) in [6.07, 6.45) is 1.29. The summed E-state index contributed by atoms with van der Waals surface area (Å²) in [4.78, 5) is 3.91. The highest BCUT2D eigenvalue weighted by molar-refractivity contribution is 5.33. The number of benzene rings is 1. The van der Waals surface area contributed by atoms with Gasteiger partial charge in [0, 0.05) is 25.8 Å². The summed E-state index contributed by atoms with van der Waals surface area (Å²) in [6.45, 7) is 2.51. The molecule has 0 fully saturated rings. The molecule has 102 valence electrons. The molecule has 19 heavy (non-hydrogen) atoms. The van der Waals surface area contributed by atoms with Gasteiger partial charge in [-0.1, -0.05) is 23.4 Å². The maximum atomic E-state index is 5.68. The molecule has 0 aliphatic heterocycles. The standard InChI is InChI=1S/C13H17N3O3/c1-17-7-6-14-8-11-4-2-3-5-12(11)18-9-13-15-10-19-16-13/h2-5,10,14H,6-9H2,1H3. The highest BCUT2D eigenvalue weighted by Gasteiger charge is 2.05. The van der Waals surface area contributed by atoms with Crippen LogP contribution < -0.4 is 10.1 Å². The van der Waals surface area contributed by atoms with E-state index in [0.29, 0.717) is 19.0 Å². The minimum atomic E-state index is 0.297. The number of methoxy groups -OCH3 is 1. The molecule has 0 spiro atoms. The average Bonchev–Trinajstić information content (AvgIpc) is 2.96. The second-order valence-electron chi connectivity index (χ2n) is 3.91. The van der Waals surface area contributed by atoms with Gasteiger partial charge >= 0.3 is 0 Å². The molecule has 1 aromatic heterocycles. The van der Waals surface area contributed by atoms with Crippen molar-refractivity contribution < 1.29 is 14.0 Å². The van der Waals surface area contributed by atoms with Crippen LogP contribution in [0, 0.1) is 0 Å². The molecule has 0 radical (unpaired) electrons. The molecule has 0 bridgehead atoms. The van der Waals surface area contributed by atoms with E-state index in [1.165, 1.54) is 6.39 Å². The van der Waals surface area contributed by atoms with E-state index in [1.54, 1.807) is 7.11 Å². The van der Waals surface area contributed by atoms with Crippen molar-refractivity contribution in [3.8, 4) is 5.75 Å². The maximum Gasteiger partial charge on any atom is 0.213 e. The van der Waals surface area contributed by atoms with Crippen LogP contribution in [0.2, 0.25) is 0 Å². The fourth-order valence-electron chi connectivity index (χ4n) is 1.59. The summed E-state index contributed by atoms with van der Waals surface area (Å²) in [5.41, 5.74) is 1.09. The van der Waals surface area contributed by atoms with Crippen LogP contribution in [-0.4, -0.2) is 30.4 Å². The van der Waals surface area contributed by atoms with E-state index in [-0.39, 0.29) is 0 Å². The Balaban J connectivity index is 1.88. The number of hydrogen-bond acceptors (Lipinski definition) is 6. The summed E-state index contributed by atoms with van der Waals surface area (Å²) in [5, 5.41) is 6.99. The third kappa shape index (κ3) is 4.35. The van der Waals surface area contributed by atoms with E-state index in [0.717, 1.165) is 24.4 Å². The van der Waals surface area contributed by atoms with Crippen molar-refractivity contribution in [2.24, 2.45) is 0 Å². The minimum Gasteiger partial charge on any atom is -0.485 e. The first-order chi connectivity index (χ1) is 9.40. The number of aromatic nitrogens is 2. The van der Waals surface area contributed by atoms with Gasteiger partial charge in [0.25, 0.3) is 0 Å². The fourth-order valence-corrected chi connectivity index (χ4v) is 1.59. The van der Waals surface area contributed by atoms with Gasteiger partial charge in [-0.3, -0.25) is 0 Å². The Labute approximate surface area is 111 Å². The van der Waals surface area contributed by atoms with Crippen LogP contribution >= 0.6 is 0 Å². The predicted molar refractivity (Wildman–Crippen MR) is 68.7 cm³/mol. The molecule has 1 heterocycles. The molecule has 0 aliphatic carbocycles. The van der Waals surface area contributed by atoms with E-state index >= 15 is 0 Å². The first-order valence-electron chi connectivity index (χ1n) is 6.05. The van der Waals surface area contributed by atoms with Gasteiger partial charge in [0.05, 0.1) is 6.61 Å². The third-order valence-corrected chi connectivity index (χ3v) is 2.53. The minimum absolute atomic E-state index is 0.297. The molecule has 6 nitrogen and oxygen atoms in total. The lowest BCUT2D eigenvalue weighted by Crippen LogP contribution is -2.19. The van der Waals surface area contributed by atoms with Crippen molar-refractivity contribution in [2.75, 3.05) is 20.3 Å². The Hall–Kier alpha value is -1.92. The number of nitrogens with one attached hydrogen (secondary N) is 1. The smallest absolute Gasteiger partial charge is 0.213 e. The SMILES string of the molecule is COCCNCc1ccccc1OCc1ncon1. The van der Waals surface area contributed by atoms with E-state index < -0.39 is 0 Å². The number of rotatable bonds is 8. The summed E-state index contributed by atoms with van der Waals surface area (Å²) < 4.78 is 15.3. The van der Waals surface area contributed by atoms with Crippen molar-refractivity contribution >= 4 is 0 Å². The number of nitrogens with zero attached hydrogens (tertiary/aromatic N) is 2. The van der Waals surface area contributed by atoms with Gasteiger partial charge < -0.3 is 19.3 Å². The number of ether oxygens (including phenoxy) is 2. The second-order valence-corrected chi connectivity index (χ2v) is 3.91. The van der Waals surface area contributed by atoms with Crippen molar-refractivity contribution in [3.05, 3.63) is 42.0 Å². The van der Waals surface area contributed by atoms with Crippen LogP contribution in [0.4, 0.5) is 0 Å². The van der Waals surface area contributed by atoms with Crippen LogP contribution in [0.15, 0.2) is 35.2 Å². The molecule has 0 atom stereocenters. The van der Waals surface area contributed by atoms with Crippen molar-refractivity contribution in [1.82, 2.24) is 15.5 Å². The van der Waals surface area contributed by atoms with Gasteiger partial charge in [-0.25, -0.2) is 0 Å². The predicted octanol–water partition coefficient (Wildman–Crippen LogP) is 1.38. The van der Waals surface area contributed by atoms with Gasteiger partial charge in [-0.05, 0) is 6.07 Å². The highest BCUT2D eigenvalue weighted by atomic mass is 16.5. The lowest BCUT2D eigenvalue weighted by Gasteiger charge is -2.10. The van der Waals surface area contributed by atoms with Crippen LogP contribution in [0.1, 0.15) is 11.4 Å². The molecule has 2 aromatic rings. The van der Waals surface area contributed by atoms with Crippen LogP contribution in [-0.2, 0) is 17.9 Å².